The van der Waals surface area contributed by atoms with Gasteiger partial charge in [0.05, 0.1) is 35.6 Å². The first kappa shape index (κ1) is 41.3. The Bertz CT molecular complexity index is 2780. The monoisotopic (exact) mass is 845 g/mol. The van der Waals surface area contributed by atoms with Crippen LogP contribution in [-0.2, 0) is 31.1 Å². The molecule has 63 heavy (non-hydrogen) atoms. The Morgan fingerprint density at radius 1 is 0.889 bits per heavy atom. The van der Waals surface area contributed by atoms with Crippen molar-refractivity contribution >= 4 is 52.1 Å². The topological polar surface area (TPSA) is 218 Å². The molecule has 3 aromatic carbocycles. The van der Waals surface area contributed by atoms with Gasteiger partial charge in [0.2, 0.25) is 11.8 Å². The molecule has 320 valence electrons. The van der Waals surface area contributed by atoms with Gasteiger partial charge in [0.15, 0.2) is 11.5 Å². The van der Waals surface area contributed by atoms with E-state index in [4.69, 9.17) is 26.2 Å². The second kappa shape index (κ2) is 17.3. The molecule has 3 aromatic heterocycles. The van der Waals surface area contributed by atoms with E-state index in [2.05, 4.69) is 52.0 Å². The Hall–Kier alpha value is -7.10. The number of piperidine rings is 1. The molecule has 1 atom stereocenters. The molecule has 1 unspecified atom stereocenters. The molecule has 2 fully saturated rings. The van der Waals surface area contributed by atoms with E-state index in [9.17, 15) is 24.0 Å². The Morgan fingerprint density at radius 3 is 2.48 bits per heavy atom. The van der Waals surface area contributed by atoms with E-state index in [1.165, 1.54) is 0 Å². The van der Waals surface area contributed by atoms with Crippen LogP contribution in [0.2, 0.25) is 0 Å². The first-order valence-corrected chi connectivity index (χ1v) is 21.4. The van der Waals surface area contributed by atoms with Crippen molar-refractivity contribution in [3.8, 4) is 28.3 Å². The summed E-state index contributed by atoms with van der Waals surface area (Å²) in [4.78, 5) is 78.7. The van der Waals surface area contributed by atoms with Gasteiger partial charge in [-0.1, -0.05) is 36.4 Å². The summed E-state index contributed by atoms with van der Waals surface area (Å²) in [7, 11) is 0. The zero-order valence-corrected chi connectivity index (χ0v) is 34.6. The lowest BCUT2D eigenvalue weighted by molar-refractivity contribution is -0.136. The molecule has 15 heteroatoms. The lowest BCUT2D eigenvalue weighted by atomic mass is 9.73. The number of Topliss-reactive ketones (excluding diaryl/α,β-unsaturated/α-hetero) is 1. The van der Waals surface area contributed by atoms with Gasteiger partial charge in [0, 0.05) is 54.5 Å². The van der Waals surface area contributed by atoms with Crippen LogP contribution in [0.3, 0.4) is 0 Å². The molecule has 1 aliphatic carbocycles. The number of nitrogen functional groups attached to an aromatic ring is 1. The number of rotatable bonds is 16. The van der Waals surface area contributed by atoms with Crippen molar-refractivity contribution in [3.05, 3.63) is 119 Å². The average molecular weight is 846 g/mol. The molecule has 6 aromatic rings. The molecule has 3 aliphatic rings. The van der Waals surface area contributed by atoms with Crippen molar-refractivity contribution in [2.75, 3.05) is 30.8 Å². The number of nitrogens with zero attached hydrogens (tertiary/aromatic N) is 5. The van der Waals surface area contributed by atoms with Gasteiger partial charge in [0.1, 0.15) is 23.2 Å². The molecule has 5 heterocycles. The van der Waals surface area contributed by atoms with Gasteiger partial charge in [0.25, 0.3) is 11.8 Å². The number of aryl methyl sites for hydroxylation is 1. The fraction of sp³-hybridized carbons (Fsp3) is 0.292. The summed E-state index contributed by atoms with van der Waals surface area (Å²) in [6.45, 7) is 0.846. The number of aromatic nitrogens is 4. The van der Waals surface area contributed by atoms with Crippen LogP contribution in [0.1, 0.15) is 83.2 Å². The summed E-state index contributed by atoms with van der Waals surface area (Å²) in [5.41, 5.74) is 20.5. The molecule has 0 radical (unpaired) electrons. The van der Waals surface area contributed by atoms with Gasteiger partial charge in [-0.25, -0.2) is 15.0 Å². The van der Waals surface area contributed by atoms with Crippen LogP contribution in [0.15, 0.2) is 97.2 Å². The maximum atomic E-state index is 13.3. The van der Waals surface area contributed by atoms with Crippen LogP contribution >= 0.6 is 0 Å². The summed E-state index contributed by atoms with van der Waals surface area (Å²) in [6.07, 6.45) is 6.96. The van der Waals surface area contributed by atoms with Gasteiger partial charge >= 0.3 is 0 Å². The van der Waals surface area contributed by atoms with Crippen LogP contribution < -0.4 is 22.1 Å². The number of nitrogens with one attached hydrogen (secondary N) is 2. The van der Waals surface area contributed by atoms with Crippen molar-refractivity contribution < 1.29 is 28.7 Å². The predicted molar refractivity (Wildman–Crippen MR) is 237 cm³/mol. The molecular formula is C48H47N9O6. The van der Waals surface area contributed by atoms with E-state index in [0.717, 1.165) is 57.8 Å². The Kier molecular flexibility index (Phi) is 11.4. The third kappa shape index (κ3) is 8.20. The molecule has 4 amide bonds. The maximum Gasteiger partial charge on any atom is 0.264 e. The zero-order valence-electron chi connectivity index (χ0n) is 34.6. The van der Waals surface area contributed by atoms with Crippen molar-refractivity contribution in [3.63, 3.8) is 0 Å². The van der Waals surface area contributed by atoms with Gasteiger partial charge in [-0.3, -0.25) is 38.8 Å². The second-order valence-electron chi connectivity index (χ2n) is 16.4. The Morgan fingerprint density at radius 2 is 1.70 bits per heavy atom. The largest absolute Gasteiger partial charge is 0.383 e. The van der Waals surface area contributed by atoms with E-state index < -0.39 is 29.7 Å². The van der Waals surface area contributed by atoms with Crippen LogP contribution in [0.25, 0.3) is 39.5 Å². The highest BCUT2D eigenvalue weighted by Crippen LogP contribution is 2.40. The van der Waals surface area contributed by atoms with Crippen molar-refractivity contribution in [1.82, 2.24) is 29.7 Å². The predicted octanol–water partition coefficient (Wildman–Crippen LogP) is 5.88. The summed E-state index contributed by atoms with van der Waals surface area (Å²) in [5, 5.41) is 5.36. The number of carbonyl (C=O) groups excluding carboxylic acids is 5. The van der Waals surface area contributed by atoms with E-state index in [0.29, 0.717) is 54.3 Å². The van der Waals surface area contributed by atoms with Gasteiger partial charge < -0.3 is 21.5 Å². The third-order valence-corrected chi connectivity index (χ3v) is 12.2. The smallest absolute Gasteiger partial charge is 0.264 e. The van der Waals surface area contributed by atoms with Gasteiger partial charge in [-0.15, -0.1) is 0 Å². The molecule has 1 saturated carbocycles. The van der Waals surface area contributed by atoms with Crippen molar-refractivity contribution in [2.45, 2.75) is 69.4 Å². The fourth-order valence-electron chi connectivity index (χ4n) is 8.65. The molecule has 6 N–H and O–H groups in total. The molecule has 0 spiro atoms. The number of amides is 4. The van der Waals surface area contributed by atoms with Crippen LogP contribution in [0, 0.1) is 0 Å². The van der Waals surface area contributed by atoms with E-state index in [-0.39, 0.29) is 54.9 Å². The van der Waals surface area contributed by atoms with Crippen LogP contribution in [0.4, 0.5) is 11.5 Å². The number of anilines is 2. The highest BCUT2D eigenvalue weighted by atomic mass is 16.5. The van der Waals surface area contributed by atoms with E-state index in [1.807, 2.05) is 41.0 Å². The normalized spacial score (nSPS) is 16.8. The minimum atomic E-state index is -1.04. The summed E-state index contributed by atoms with van der Waals surface area (Å²) < 4.78 is 7.75. The number of carbonyl (C=O) groups is 5. The number of fused-ring (bicyclic) bond motifs is 2. The highest BCUT2D eigenvalue weighted by Gasteiger charge is 2.45. The molecule has 1 saturated heterocycles. The van der Waals surface area contributed by atoms with Crippen LogP contribution in [-0.4, -0.2) is 79.6 Å². The van der Waals surface area contributed by atoms with Crippen LogP contribution in [0.5, 0.6) is 0 Å². The number of hydrogen-bond acceptors (Lipinski definition) is 12. The number of ketones is 1. The lowest BCUT2D eigenvalue weighted by Gasteiger charge is -2.38. The Labute approximate surface area is 363 Å². The fourth-order valence-corrected chi connectivity index (χ4v) is 8.65. The molecule has 15 nitrogen and oxygen atoms in total. The zero-order chi connectivity index (χ0) is 43.7. The van der Waals surface area contributed by atoms with Crippen molar-refractivity contribution in [1.29, 1.82) is 0 Å². The summed E-state index contributed by atoms with van der Waals surface area (Å²) in [5.74, 6) is -1.11. The number of pyridine rings is 2. The maximum absolute atomic E-state index is 13.3. The third-order valence-electron chi connectivity index (χ3n) is 12.2. The molecule has 2 aliphatic heterocycles. The number of ether oxygens (including phenoxy) is 1. The Balaban J connectivity index is 0.786. The SMILES string of the molecule is Nc1ncccc1-c1nc2ccc(-c3cccc(CCCC(=O)CCOCCNc4cccc5c4C(=O)N(C4CCC(=O)NC4=O)C5=O)c3)nc2n1-c1ccc(C2(N)CCC2)cc1. The second-order valence-corrected chi connectivity index (χ2v) is 16.4. The minimum Gasteiger partial charge on any atom is -0.383 e. The molecular weight excluding hydrogens is 799 g/mol. The van der Waals surface area contributed by atoms with E-state index >= 15 is 0 Å². The average Bonchev–Trinajstić information content (AvgIpc) is 3.78. The van der Waals surface area contributed by atoms with Gasteiger partial charge in [-0.05, 0) is 104 Å². The van der Waals surface area contributed by atoms with E-state index in [1.54, 1.807) is 24.4 Å². The lowest BCUT2D eigenvalue weighted by Crippen LogP contribution is -2.54. The number of benzene rings is 3. The minimum absolute atomic E-state index is 0.0492. The first-order chi connectivity index (χ1) is 30.6. The molecule has 0 bridgehead atoms. The number of hydrogen-bond donors (Lipinski definition) is 4. The highest BCUT2D eigenvalue weighted by molar-refractivity contribution is 6.25. The summed E-state index contributed by atoms with van der Waals surface area (Å²) in [6, 6.07) is 28.1. The van der Waals surface area contributed by atoms with Gasteiger partial charge in [-0.2, -0.15) is 0 Å². The van der Waals surface area contributed by atoms with Crippen molar-refractivity contribution in [2.24, 2.45) is 5.73 Å². The first-order valence-electron chi connectivity index (χ1n) is 21.4. The summed E-state index contributed by atoms with van der Waals surface area (Å²) >= 11 is 0. The molecule has 9 rings (SSSR count). The quantitative estimate of drug-likeness (QED) is 0.0664. The standard InChI is InChI=1S/C48H47N9O6/c49-42-35(11-4-24-52-42)43-54-38-18-17-36(53-44(38)56(43)32-15-13-31(14-16-32)48(50)22-5-23-48)30-8-1-6-29(28-30)7-2-9-33(58)21-26-63-27-25-51-37-12-3-10-34-41(37)47(62)57(46(34)61)39-19-20-40(59)55-45(39)60/h1,3-4,6,8,10-18,24,28,39,51H,2,5,7,9,19-23,25-27,50H2,(H2,49,52)(H,55,59,60). The number of imide groups is 2. The number of nitrogens with two attached hydrogens (primary N) is 2. The number of imidazole rings is 1.